The SMILES string of the molecule is c1ccc(-c2ccc(N(c3ccc4c(ccc5oc6c(-c7ccccc7)cccc6c54)c3)c3cccc4c3c3ccccc3n4-c3ccccc3)cc2)cc1. The van der Waals surface area contributed by atoms with Gasteiger partial charge in [-0.1, -0.05) is 146 Å². The minimum absolute atomic E-state index is 0.894. The Bertz CT molecular complexity index is 3180. The highest BCUT2D eigenvalue weighted by Crippen LogP contribution is 2.46. The molecule has 11 rings (SSSR count). The lowest BCUT2D eigenvalue weighted by Crippen LogP contribution is -2.10. The molecule has 0 unspecified atom stereocenters. The summed E-state index contributed by atoms with van der Waals surface area (Å²) in [5.41, 5.74) is 13.2. The molecular formula is C52H34N2O. The van der Waals surface area contributed by atoms with E-state index in [1.54, 1.807) is 0 Å². The Morgan fingerprint density at radius 3 is 1.84 bits per heavy atom. The van der Waals surface area contributed by atoms with Crippen LogP contribution < -0.4 is 4.90 Å². The highest BCUT2D eigenvalue weighted by molar-refractivity contribution is 6.21. The van der Waals surface area contributed by atoms with Crippen LogP contribution in [-0.2, 0) is 0 Å². The number of fused-ring (bicyclic) bond motifs is 8. The van der Waals surface area contributed by atoms with E-state index in [4.69, 9.17) is 4.42 Å². The Morgan fingerprint density at radius 2 is 1.04 bits per heavy atom. The molecule has 3 nitrogen and oxygen atoms in total. The van der Waals surface area contributed by atoms with Crippen molar-refractivity contribution in [1.82, 2.24) is 4.57 Å². The largest absolute Gasteiger partial charge is 0.455 e. The zero-order valence-corrected chi connectivity index (χ0v) is 29.9. The quantitative estimate of drug-likeness (QED) is 0.172. The maximum Gasteiger partial charge on any atom is 0.143 e. The summed E-state index contributed by atoms with van der Waals surface area (Å²) in [6.07, 6.45) is 0. The van der Waals surface area contributed by atoms with Crippen LogP contribution in [0.4, 0.5) is 17.1 Å². The van der Waals surface area contributed by atoms with Gasteiger partial charge in [0.2, 0.25) is 0 Å². The lowest BCUT2D eigenvalue weighted by atomic mass is 9.99. The van der Waals surface area contributed by atoms with E-state index in [2.05, 4.69) is 216 Å². The second-order valence-corrected chi connectivity index (χ2v) is 14.1. The van der Waals surface area contributed by atoms with Crippen molar-refractivity contribution in [3.05, 3.63) is 206 Å². The fourth-order valence-corrected chi connectivity index (χ4v) is 8.50. The maximum atomic E-state index is 6.63. The van der Waals surface area contributed by atoms with Crippen molar-refractivity contribution in [2.24, 2.45) is 0 Å². The van der Waals surface area contributed by atoms with E-state index < -0.39 is 0 Å². The molecule has 0 saturated carbocycles. The first kappa shape index (κ1) is 31.2. The van der Waals surface area contributed by atoms with E-state index in [0.29, 0.717) is 0 Å². The number of anilines is 3. The topological polar surface area (TPSA) is 21.3 Å². The number of benzene rings is 9. The molecule has 11 aromatic rings. The number of para-hydroxylation sites is 3. The average molecular weight is 703 g/mol. The minimum Gasteiger partial charge on any atom is -0.455 e. The summed E-state index contributed by atoms with van der Waals surface area (Å²) < 4.78 is 9.01. The van der Waals surface area contributed by atoms with E-state index in [0.717, 1.165) is 66.7 Å². The van der Waals surface area contributed by atoms with Crippen LogP contribution >= 0.6 is 0 Å². The van der Waals surface area contributed by atoms with Crippen molar-refractivity contribution >= 4 is 71.6 Å². The summed E-state index contributed by atoms with van der Waals surface area (Å²) >= 11 is 0. The third kappa shape index (κ3) is 5.05. The predicted molar refractivity (Wildman–Crippen MR) is 231 cm³/mol. The second kappa shape index (κ2) is 12.6. The fourth-order valence-electron chi connectivity index (χ4n) is 8.50. The third-order valence-corrected chi connectivity index (χ3v) is 11.0. The van der Waals surface area contributed by atoms with E-state index in [1.165, 1.54) is 32.8 Å². The van der Waals surface area contributed by atoms with Crippen LogP contribution in [0.5, 0.6) is 0 Å². The predicted octanol–water partition coefficient (Wildman–Crippen LogP) is 14.6. The van der Waals surface area contributed by atoms with E-state index in [-0.39, 0.29) is 0 Å². The molecule has 0 atom stereocenters. The maximum absolute atomic E-state index is 6.63. The molecular weight excluding hydrogens is 669 g/mol. The molecule has 0 bridgehead atoms. The van der Waals surface area contributed by atoms with Crippen molar-refractivity contribution in [1.29, 1.82) is 0 Å². The number of hydrogen-bond acceptors (Lipinski definition) is 2. The second-order valence-electron chi connectivity index (χ2n) is 14.1. The summed E-state index contributed by atoms with van der Waals surface area (Å²) in [4.78, 5) is 2.42. The molecule has 0 spiro atoms. The molecule has 0 radical (unpaired) electrons. The Hall–Kier alpha value is -7.36. The number of rotatable bonds is 6. The Labute approximate surface area is 318 Å². The molecule has 2 heterocycles. The van der Waals surface area contributed by atoms with Gasteiger partial charge in [-0.2, -0.15) is 0 Å². The van der Waals surface area contributed by atoms with Crippen LogP contribution in [0.1, 0.15) is 0 Å². The summed E-state index contributed by atoms with van der Waals surface area (Å²) in [6, 6.07) is 73.8. The lowest BCUT2D eigenvalue weighted by Gasteiger charge is -2.27. The van der Waals surface area contributed by atoms with Gasteiger partial charge in [-0.15, -0.1) is 0 Å². The molecule has 55 heavy (non-hydrogen) atoms. The molecule has 258 valence electrons. The van der Waals surface area contributed by atoms with Gasteiger partial charge in [0.15, 0.2) is 0 Å². The summed E-state index contributed by atoms with van der Waals surface area (Å²) in [6.45, 7) is 0. The molecule has 9 aromatic carbocycles. The van der Waals surface area contributed by atoms with Gasteiger partial charge in [0.1, 0.15) is 11.2 Å². The van der Waals surface area contributed by atoms with Crippen LogP contribution in [0, 0.1) is 0 Å². The number of aromatic nitrogens is 1. The number of furan rings is 1. The van der Waals surface area contributed by atoms with Gasteiger partial charge in [-0.25, -0.2) is 0 Å². The number of hydrogen-bond donors (Lipinski definition) is 0. The standard InChI is InChI=1S/C52H34N2O/c1-4-14-35(15-5-1)36-26-29-40(30-27-36)53(47-24-13-25-48-51(47)44-20-10-11-23-46(44)54(48)39-18-8-3-9-19-39)41-31-32-42-38(34-41)28-33-49-50(42)45-22-12-21-43(52(45)55-49)37-16-6-2-7-17-37/h1-34H. The first-order chi connectivity index (χ1) is 27.3. The monoisotopic (exact) mass is 702 g/mol. The van der Waals surface area contributed by atoms with Crippen LogP contribution in [0.2, 0.25) is 0 Å². The fraction of sp³-hybridized carbons (Fsp3) is 0. The Kier molecular flexibility index (Phi) is 7.17. The Morgan fingerprint density at radius 1 is 0.400 bits per heavy atom. The molecule has 0 aliphatic heterocycles. The van der Waals surface area contributed by atoms with Crippen molar-refractivity contribution in [2.75, 3.05) is 4.90 Å². The molecule has 0 aliphatic rings. The van der Waals surface area contributed by atoms with E-state index in [9.17, 15) is 0 Å². The van der Waals surface area contributed by atoms with Crippen LogP contribution in [-0.4, -0.2) is 4.57 Å². The van der Waals surface area contributed by atoms with Gasteiger partial charge in [-0.05, 0) is 88.1 Å². The Balaban J connectivity index is 1.14. The average Bonchev–Trinajstić information content (AvgIpc) is 3.82. The van der Waals surface area contributed by atoms with Crippen LogP contribution in [0.3, 0.4) is 0 Å². The van der Waals surface area contributed by atoms with Crippen LogP contribution in [0.25, 0.3) is 82.5 Å². The normalized spacial score (nSPS) is 11.6. The van der Waals surface area contributed by atoms with Crippen molar-refractivity contribution < 1.29 is 4.42 Å². The summed E-state index contributed by atoms with van der Waals surface area (Å²) in [5, 5.41) is 7.01. The van der Waals surface area contributed by atoms with Gasteiger partial charge >= 0.3 is 0 Å². The molecule has 2 aromatic heterocycles. The van der Waals surface area contributed by atoms with E-state index >= 15 is 0 Å². The smallest absolute Gasteiger partial charge is 0.143 e. The van der Waals surface area contributed by atoms with Crippen molar-refractivity contribution in [3.8, 4) is 27.9 Å². The highest BCUT2D eigenvalue weighted by atomic mass is 16.3. The molecule has 0 N–H and O–H groups in total. The van der Waals surface area contributed by atoms with Gasteiger partial charge in [0.25, 0.3) is 0 Å². The highest BCUT2D eigenvalue weighted by Gasteiger charge is 2.22. The summed E-state index contributed by atoms with van der Waals surface area (Å²) in [5.74, 6) is 0. The molecule has 0 aliphatic carbocycles. The van der Waals surface area contributed by atoms with Crippen molar-refractivity contribution in [2.45, 2.75) is 0 Å². The van der Waals surface area contributed by atoms with Crippen LogP contribution in [0.15, 0.2) is 211 Å². The molecule has 3 heteroatoms. The number of nitrogens with zero attached hydrogens (tertiary/aromatic N) is 2. The van der Waals surface area contributed by atoms with E-state index in [1.807, 2.05) is 0 Å². The first-order valence-corrected chi connectivity index (χ1v) is 18.8. The van der Waals surface area contributed by atoms with Gasteiger partial charge in [-0.3, -0.25) is 0 Å². The summed E-state index contributed by atoms with van der Waals surface area (Å²) in [7, 11) is 0. The molecule has 0 saturated heterocycles. The molecule has 0 fully saturated rings. The zero-order valence-electron chi connectivity index (χ0n) is 29.9. The van der Waals surface area contributed by atoms with Crippen molar-refractivity contribution in [3.63, 3.8) is 0 Å². The van der Waals surface area contributed by atoms with Gasteiger partial charge in [0.05, 0.1) is 16.7 Å². The zero-order chi connectivity index (χ0) is 36.3. The minimum atomic E-state index is 0.894. The third-order valence-electron chi connectivity index (χ3n) is 11.0. The lowest BCUT2D eigenvalue weighted by molar-refractivity contribution is 0.670. The first-order valence-electron chi connectivity index (χ1n) is 18.8. The van der Waals surface area contributed by atoms with Gasteiger partial charge < -0.3 is 13.9 Å². The van der Waals surface area contributed by atoms with Gasteiger partial charge in [0, 0.05) is 44.2 Å². The molecule has 0 amide bonds.